The molecule has 0 bridgehead atoms. The quantitative estimate of drug-likeness (QED) is 0.405. The molecule has 0 amide bonds. The second-order valence-corrected chi connectivity index (χ2v) is 12.8. The maximum absolute atomic E-state index is 13.8. The zero-order valence-corrected chi connectivity index (χ0v) is 22.1. The molecule has 1 heterocycles. The maximum Gasteiger partial charge on any atom is 0.310 e. The molecule has 3 atom stereocenters. The molecule has 1 aliphatic rings. The van der Waals surface area contributed by atoms with Gasteiger partial charge in [-0.05, 0) is 67.0 Å². The van der Waals surface area contributed by atoms with Crippen LogP contribution in [0.1, 0.15) is 99.5 Å². The van der Waals surface area contributed by atoms with Crippen molar-refractivity contribution in [3.63, 3.8) is 0 Å². The lowest BCUT2D eigenvalue weighted by Gasteiger charge is -2.39. The topological polar surface area (TPSA) is 38.3 Å². The van der Waals surface area contributed by atoms with Crippen molar-refractivity contribution < 1.29 is 9.53 Å². The van der Waals surface area contributed by atoms with Crippen LogP contribution >= 0.6 is 0 Å². The Hall–Kier alpha value is -1.35. The number of esters is 1. The van der Waals surface area contributed by atoms with Gasteiger partial charge in [0.1, 0.15) is 5.60 Å². The van der Waals surface area contributed by atoms with E-state index >= 15 is 0 Å². The van der Waals surface area contributed by atoms with Gasteiger partial charge in [0.25, 0.3) is 0 Å². The normalized spacial score (nSPS) is 19.8. The minimum Gasteiger partial charge on any atom is -0.454 e. The molecule has 3 nitrogen and oxygen atoms in total. The monoisotopic (exact) mass is 443 g/mol. The van der Waals surface area contributed by atoms with E-state index in [2.05, 4.69) is 85.0 Å². The summed E-state index contributed by atoms with van der Waals surface area (Å²) in [7, 11) is 0. The number of rotatable bonds is 9. The fraction of sp³-hybridized carbons (Fsp3) is 0.759. The fourth-order valence-electron chi connectivity index (χ4n) is 5.64. The van der Waals surface area contributed by atoms with Crippen molar-refractivity contribution >= 4 is 5.97 Å². The van der Waals surface area contributed by atoms with E-state index < -0.39 is 5.60 Å². The summed E-state index contributed by atoms with van der Waals surface area (Å²) in [6, 6.07) is 10.4. The lowest BCUT2D eigenvalue weighted by Crippen LogP contribution is -2.44. The summed E-state index contributed by atoms with van der Waals surface area (Å²) in [6.45, 7) is 20.1. The third-order valence-electron chi connectivity index (χ3n) is 6.86. The summed E-state index contributed by atoms with van der Waals surface area (Å²) in [5.74, 6) is 0.871. The minimum atomic E-state index is -0.500. The number of hydrogen-bond donors (Lipinski definition) is 1. The summed E-state index contributed by atoms with van der Waals surface area (Å²) in [6.07, 6.45) is 5.87. The van der Waals surface area contributed by atoms with E-state index in [0.29, 0.717) is 17.3 Å². The predicted octanol–water partition coefficient (Wildman–Crippen LogP) is 7.35. The molecular weight excluding hydrogens is 394 g/mol. The van der Waals surface area contributed by atoms with Gasteiger partial charge < -0.3 is 10.1 Å². The van der Waals surface area contributed by atoms with Gasteiger partial charge in [-0.3, -0.25) is 4.79 Å². The molecule has 1 aromatic carbocycles. The first kappa shape index (κ1) is 26.9. The van der Waals surface area contributed by atoms with E-state index in [9.17, 15) is 4.79 Å². The van der Waals surface area contributed by atoms with Crippen LogP contribution in [-0.4, -0.2) is 19.1 Å². The van der Waals surface area contributed by atoms with Crippen LogP contribution in [0.15, 0.2) is 30.3 Å². The van der Waals surface area contributed by atoms with Gasteiger partial charge in [-0.1, -0.05) is 85.7 Å². The summed E-state index contributed by atoms with van der Waals surface area (Å²) < 4.78 is 6.52. The highest BCUT2D eigenvalue weighted by molar-refractivity contribution is 5.73. The Kier molecular flexibility index (Phi) is 9.40. The Morgan fingerprint density at radius 1 is 0.938 bits per heavy atom. The molecule has 182 valence electrons. The first-order chi connectivity index (χ1) is 14.8. The first-order valence-electron chi connectivity index (χ1n) is 12.8. The molecule has 1 fully saturated rings. The molecule has 3 unspecified atom stereocenters. The highest BCUT2D eigenvalue weighted by atomic mass is 16.6. The minimum absolute atomic E-state index is 0.00969. The van der Waals surface area contributed by atoms with Crippen LogP contribution in [0.5, 0.6) is 0 Å². The van der Waals surface area contributed by atoms with Crippen molar-refractivity contribution in [2.75, 3.05) is 13.1 Å². The Morgan fingerprint density at radius 2 is 1.50 bits per heavy atom. The fourth-order valence-corrected chi connectivity index (χ4v) is 5.64. The van der Waals surface area contributed by atoms with E-state index in [0.717, 1.165) is 50.8 Å². The molecule has 3 heteroatoms. The van der Waals surface area contributed by atoms with Gasteiger partial charge in [0.15, 0.2) is 0 Å². The van der Waals surface area contributed by atoms with E-state index in [4.69, 9.17) is 4.74 Å². The molecule has 1 saturated heterocycles. The summed E-state index contributed by atoms with van der Waals surface area (Å²) in [4.78, 5) is 13.8. The summed E-state index contributed by atoms with van der Waals surface area (Å²) in [5, 5.41) is 3.44. The molecule has 0 spiro atoms. The van der Waals surface area contributed by atoms with Crippen LogP contribution < -0.4 is 5.32 Å². The van der Waals surface area contributed by atoms with Crippen LogP contribution in [0.3, 0.4) is 0 Å². The molecule has 0 radical (unpaired) electrons. The van der Waals surface area contributed by atoms with Crippen molar-refractivity contribution in [2.24, 2.45) is 28.6 Å². The van der Waals surface area contributed by atoms with Crippen LogP contribution in [0.2, 0.25) is 0 Å². The van der Waals surface area contributed by atoms with Crippen molar-refractivity contribution in [1.29, 1.82) is 0 Å². The van der Waals surface area contributed by atoms with E-state index in [1.807, 2.05) is 6.07 Å². The van der Waals surface area contributed by atoms with Crippen LogP contribution in [0.4, 0.5) is 0 Å². The molecule has 1 N–H and O–H groups in total. The Balaban J connectivity index is 2.21. The van der Waals surface area contributed by atoms with Gasteiger partial charge in [0, 0.05) is 12.8 Å². The predicted molar refractivity (Wildman–Crippen MR) is 136 cm³/mol. The molecule has 1 aromatic rings. The van der Waals surface area contributed by atoms with Crippen LogP contribution in [-0.2, 0) is 15.1 Å². The molecule has 32 heavy (non-hydrogen) atoms. The first-order valence-corrected chi connectivity index (χ1v) is 12.8. The van der Waals surface area contributed by atoms with E-state index in [1.54, 1.807) is 0 Å². The number of benzene rings is 1. The second kappa shape index (κ2) is 11.2. The molecule has 0 saturated carbocycles. The lowest BCUT2D eigenvalue weighted by molar-refractivity contribution is -0.172. The van der Waals surface area contributed by atoms with Crippen LogP contribution in [0.25, 0.3) is 0 Å². The van der Waals surface area contributed by atoms with E-state index in [1.165, 1.54) is 6.42 Å². The van der Waals surface area contributed by atoms with Crippen molar-refractivity contribution in [2.45, 2.75) is 99.5 Å². The number of carbonyl (C=O) groups is 1. The average molecular weight is 444 g/mol. The molecular formula is C29H49NO2. The zero-order valence-electron chi connectivity index (χ0n) is 22.1. The number of hydrogen-bond acceptors (Lipinski definition) is 3. The summed E-state index contributed by atoms with van der Waals surface area (Å²) in [5.41, 5.74) is 1.15. The SMILES string of the molecule is CC(CCC(C(=O)OC1(c2ccccc2)CCNCC1)C(C)CC(C)(C)C)CC(C)(C)C. The summed E-state index contributed by atoms with van der Waals surface area (Å²) >= 11 is 0. The molecule has 0 aliphatic carbocycles. The largest absolute Gasteiger partial charge is 0.454 e. The smallest absolute Gasteiger partial charge is 0.310 e. The van der Waals surface area contributed by atoms with E-state index in [-0.39, 0.29) is 17.3 Å². The standard InChI is InChI=1S/C29H49NO2/c1-22(20-27(3,4)5)14-15-25(23(2)21-28(6,7)8)26(31)32-29(16-18-30-19-17-29)24-12-10-9-11-13-24/h9-13,22-23,25,30H,14-21H2,1-8H3. The second-order valence-electron chi connectivity index (χ2n) is 12.8. The van der Waals surface area contributed by atoms with Crippen molar-refractivity contribution in [1.82, 2.24) is 5.32 Å². The maximum atomic E-state index is 13.8. The third kappa shape index (κ3) is 8.54. The third-order valence-corrected chi connectivity index (χ3v) is 6.86. The lowest BCUT2D eigenvalue weighted by atomic mass is 9.76. The van der Waals surface area contributed by atoms with Gasteiger partial charge in [-0.2, -0.15) is 0 Å². The van der Waals surface area contributed by atoms with Gasteiger partial charge in [-0.25, -0.2) is 0 Å². The highest BCUT2D eigenvalue weighted by Gasteiger charge is 2.40. The van der Waals surface area contributed by atoms with Gasteiger partial charge in [-0.15, -0.1) is 0 Å². The van der Waals surface area contributed by atoms with Gasteiger partial charge in [0.2, 0.25) is 0 Å². The van der Waals surface area contributed by atoms with Crippen molar-refractivity contribution in [3.05, 3.63) is 35.9 Å². The Bertz CT molecular complexity index is 692. The molecule has 1 aliphatic heterocycles. The van der Waals surface area contributed by atoms with Crippen LogP contribution in [0, 0.1) is 28.6 Å². The van der Waals surface area contributed by atoms with Gasteiger partial charge in [0.05, 0.1) is 5.92 Å². The molecule has 0 aromatic heterocycles. The number of piperidine rings is 1. The number of nitrogens with one attached hydrogen (secondary N) is 1. The molecule has 2 rings (SSSR count). The Morgan fingerprint density at radius 3 is 2.03 bits per heavy atom. The zero-order chi connectivity index (χ0) is 24.0. The Labute approximate surface area is 198 Å². The van der Waals surface area contributed by atoms with Crippen molar-refractivity contribution in [3.8, 4) is 0 Å². The highest BCUT2D eigenvalue weighted by Crippen LogP contribution is 2.39. The number of ether oxygens (including phenoxy) is 1. The average Bonchev–Trinajstić information content (AvgIpc) is 2.66. The van der Waals surface area contributed by atoms with Gasteiger partial charge >= 0.3 is 5.97 Å². The number of carbonyl (C=O) groups excluding carboxylic acids is 1.